The van der Waals surface area contributed by atoms with Gasteiger partial charge < -0.3 is 0 Å². The van der Waals surface area contributed by atoms with Gasteiger partial charge >= 0.3 is 0 Å². The van der Waals surface area contributed by atoms with E-state index in [-0.39, 0.29) is 0 Å². The van der Waals surface area contributed by atoms with Crippen molar-refractivity contribution in [2.75, 3.05) is 0 Å². The van der Waals surface area contributed by atoms with Crippen LogP contribution in [0.3, 0.4) is 0 Å². The van der Waals surface area contributed by atoms with Crippen LogP contribution >= 0.6 is 0 Å². The van der Waals surface area contributed by atoms with Crippen LogP contribution in [-0.4, -0.2) is 0 Å². The van der Waals surface area contributed by atoms with Gasteiger partial charge in [0.25, 0.3) is 0 Å². The van der Waals surface area contributed by atoms with Gasteiger partial charge in [0.15, 0.2) is 0 Å². The maximum Gasteiger partial charge on any atom is -0.0351 e. The maximum absolute atomic E-state index is 2.35. The molecule has 0 atom stereocenters. The molecule has 0 saturated carbocycles. The predicted molar refractivity (Wildman–Crippen MR) is 62.0 cm³/mol. The Morgan fingerprint density at radius 2 is 1.46 bits per heavy atom. The molecule has 0 N–H and O–H groups in total. The van der Waals surface area contributed by atoms with E-state index in [1.807, 2.05) is 0 Å². The summed E-state index contributed by atoms with van der Waals surface area (Å²) in [5, 5.41) is 0. The molecule has 78 valence electrons. The van der Waals surface area contributed by atoms with Gasteiger partial charge in [-0.3, -0.25) is 0 Å². The first-order chi connectivity index (χ1) is 6.06. The van der Waals surface area contributed by atoms with Gasteiger partial charge in [0.05, 0.1) is 0 Å². The topological polar surface area (TPSA) is 0 Å². The van der Waals surface area contributed by atoms with E-state index in [2.05, 4.69) is 39.8 Å². The molecule has 0 rings (SSSR count). The third-order valence-electron chi connectivity index (χ3n) is 2.19. The first-order valence-corrected chi connectivity index (χ1v) is 5.71. The third kappa shape index (κ3) is 11.7. The molecule has 0 aromatic carbocycles. The van der Waals surface area contributed by atoms with E-state index in [9.17, 15) is 0 Å². The second-order valence-corrected chi connectivity index (χ2v) is 5.07. The number of unbranched alkanes of at least 4 members (excludes halogenated alkanes) is 3. The van der Waals surface area contributed by atoms with Gasteiger partial charge in [-0.15, -0.1) is 0 Å². The molecule has 0 heteroatoms. The van der Waals surface area contributed by atoms with E-state index in [1.54, 1.807) is 0 Å². The standard InChI is InChI=1S/C13H26/c1-5-6-7-8-9-10-11-12-13(2,3)4/h8-9H,5-7,10-12H2,1-4H3/b9-8+. The number of rotatable bonds is 6. The molecular formula is C13H26. The summed E-state index contributed by atoms with van der Waals surface area (Å²) in [7, 11) is 0. The average Bonchev–Trinajstić information content (AvgIpc) is 2.01. The molecular weight excluding hydrogens is 156 g/mol. The minimum absolute atomic E-state index is 0.511. The molecule has 13 heavy (non-hydrogen) atoms. The van der Waals surface area contributed by atoms with E-state index in [0.717, 1.165) is 0 Å². The molecule has 0 aromatic rings. The van der Waals surface area contributed by atoms with Crippen molar-refractivity contribution in [1.82, 2.24) is 0 Å². The van der Waals surface area contributed by atoms with Crippen molar-refractivity contribution in [3.8, 4) is 0 Å². The van der Waals surface area contributed by atoms with E-state index in [0.29, 0.717) is 5.41 Å². The van der Waals surface area contributed by atoms with Gasteiger partial charge in [0.2, 0.25) is 0 Å². The Bertz CT molecular complexity index is 125. The largest absolute Gasteiger partial charge is 0.0885 e. The summed E-state index contributed by atoms with van der Waals surface area (Å²) in [6.07, 6.45) is 12.6. The van der Waals surface area contributed by atoms with Gasteiger partial charge in [0, 0.05) is 0 Å². The van der Waals surface area contributed by atoms with Crippen molar-refractivity contribution < 1.29 is 0 Å². The summed E-state index contributed by atoms with van der Waals surface area (Å²) < 4.78 is 0. The highest BCUT2D eigenvalue weighted by atomic mass is 14.1. The van der Waals surface area contributed by atoms with Crippen molar-refractivity contribution in [3.05, 3.63) is 12.2 Å². The normalized spacial score (nSPS) is 12.6. The lowest BCUT2D eigenvalue weighted by Gasteiger charge is -2.16. The van der Waals surface area contributed by atoms with E-state index < -0.39 is 0 Å². The van der Waals surface area contributed by atoms with Crippen LogP contribution in [-0.2, 0) is 0 Å². The highest BCUT2D eigenvalue weighted by Gasteiger charge is 2.07. The lowest BCUT2D eigenvalue weighted by atomic mass is 9.90. The van der Waals surface area contributed by atoms with Gasteiger partial charge in [0.1, 0.15) is 0 Å². The first kappa shape index (κ1) is 12.7. The van der Waals surface area contributed by atoms with Crippen LogP contribution in [0.1, 0.15) is 66.2 Å². The summed E-state index contributed by atoms with van der Waals surface area (Å²) in [6.45, 7) is 9.18. The van der Waals surface area contributed by atoms with Crippen molar-refractivity contribution in [2.45, 2.75) is 66.2 Å². The molecule has 0 saturated heterocycles. The van der Waals surface area contributed by atoms with Crippen molar-refractivity contribution in [1.29, 1.82) is 0 Å². The van der Waals surface area contributed by atoms with Crippen LogP contribution in [0.4, 0.5) is 0 Å². The minimum Gasteiger partial charge on any atom is -0.0885 e. The van der Waals surface area contributed by atoms with Gasteiger partial charge in [-0.25, -0.2) is 0 Å². The van der Waals surface area contributed by atoms with E-state index >= 15 is 0 Å². The van der Waals surface area contributed by atoms with Crippen LogP contribution in [0.25, 0.3) is 0 Å². The van der Waals surface area contributed by atoms with Crippen LogP contribution in [0, 0.1) is 5.41 Å². The number of hydrogen-bond donors (Lipinski definition) is 0. The van der Waals surface area contributed by atoms with Crippen LogP contribution in [0.2, 0.25) is 0 Å². The molecule has 0 fully saturated rings. The van der Waals surface area contributed by atoms with Crippen molar-refractivity contribution >= 4 is 0 Å². The van der Waals surface area contributed by atoms with E-state index in [1.165, 1.54) is 38.5 Å². The Balaban J connectivity index is 3.20. The highest BCUT2D eigenvalue weighted by Crippen LogP contribution is 2.21. The van der Waals surface area contributed by atoms with Crippen molar-refractivity contribution in [3.63, 3.8) is 0 Å². The predicted octanol–water partition coefficient (Wildman–Crippen LogP) is 4.95. The Morgan fingerprint density at radius 1 is 0.923 bits per heavy atom. The lowest BCUT2D eigenvalue weighted by Crippen LogP contribution is -2.03. The third-order valence-corrected chi connectivity index (χ3v) is 2.19. The molecule has 0 aliphatic heterocycles. The molecule has 0 spiro atoms. The van der Waals surface area contributed by atoms with Crippen LogP contribution in [0.5, 0.6) is 0 Å². The average molecular weight is 182 g/mol. The summed E-state index contributed by atoms with van der Waals surface area (Å²) >= 11 is 0. The molecule has 0 radical (unpaired) electrons. The van der Waals surface area contributed by atoms with Gasteiger partial charge in [-0.05, 0) is 31.1 Å². The zero-order valence-corrected chi connectivity index (χ0v) is 9.90. The van der Waals surface area contributed by atoms with E-state index in [4.69, 9.17) is 0 Å². The van der Waals surface area contributed by atoms with Gasteiger partial charge in [-0.2, -0.15) is 0 Å². The molecule has 0 aliphatic rings. The van der Waals surface area contributed by atoms with Crippen LogP contribution < -0.4 is 0 Å². The molecule has 0 aliphatic carbocycles. The fraction of sp³-hybridized carbons (Fsp3) is 0.846. The fourth-order valence-corrected chi connectivity index (χ4v) is 1.31. The summed E-state index contributed by atoms with van der Waals surface area (Å²) in [6, 6.07) is 0. The smallest absolute Gasteiger partial charge is 0.0351 e. The molecule has 0 aromatic heterocycles. The SMILES string of the molecule is CCCC/C=C/CCCC(C)(C)C. The molecule has 0 nitrogen and oxygen atoms in total. The lowest BCUT2D eigenvalue weighted by molar-refractivity contribution is 0.367. The molecule has 0 amide bonds. The maximum atomic E-state index is 2.35. The number of allylic oxidation sites excluding steroid dienone is 2. The van der Waals surface area contributed by atoms with Crippen molar-refractivity contribution in [2.24, 2.45) is 5.41 Å². The first-order valence-electron chi connectivity index (χ1n) is 5.71. The zero-order chi connectivity index (χ0) is 10.2. The second-order valence-electron chi connectivity index (χ2n) is 5.07. The molecule has 0 heterocycles. The van der Waals surface area contributed by atoms with Gasteiger partial charge in [-0.1, -0.05) is 52.7 Å². The Kier molecular flexibility index (Phi) is 7.03. The second kappa shape index (κ2) is 7.17. The monoisotopic (exact) mass is 182 g/mol. The fourth-order valence-electron chi connectivity index (χ4n) is 1.31. The minimum atomic E-state index is 0.511. The Morgan fingerprint density at radius 3 is 1.92 bits per heavy atom. The molecule has 0 bridgehead atoms. The quantitative estimate of drug-likeness (QED) is 0.403. The summed E-state index contributed by atoms with van der Waals surface area (Å²) in [5.74, 6) is 0. The number of hydrogen-bond acceptors (Lipinski definition) is 0. The highest BCUT2D eigenvalue weighted by molar-refractivity contribution is 4.81. The molecule has 0 unspecified atom stereocenters. The summed E-state index contributed by atoms with van der Waals surface area (Å²) in [5.41, 5.74) is 0.511. The summed E-state index contributed by atoms with van der Waals surface area (Å²) in [4.78, 5) is 0. The van der Waals surface area contributed by atoms with Crippen LogP contribution in [0.15, 0.2) is 12.2 Å². The Hall–Kier alpha value is -0.260. The zero-order valence-electron chi connectivity index (χ0n) is 9.90. The Labute approximate surface area is 84.4 Å².